The van der Waals surface area contributed by atoms with Gasteiger partial charge < -0.3 is 4.74 Å². The number of likely N-dealkylation sites (tertiary alicyclic amines) is 1. The molecule has 6 heteroatoms. The van der Waals surface area contributed by atoms with E-state index in [1.54, 1.807) is 18.6 Å². The lowest BCUT2D eigenvalue weighted by Crippen LogP contribution is -2.42. The maximum absolute atomic E-state index is 12.5. The van der Waals surface area contributed by atoms with Crippen LogP contribution in [0.25, 0.3) is 0 Å². The Hall–Kier alpha value is -3.12. The standard InChI is InChI=1S/C23H24N4O2/c1-29-23(28)20-10-6-14-27(20)22(19-9-2-3-13-26-19)21(17-7-4-11-24-15-17)18-8-5-12-25-16-18/h2-5,7-9,11-13,15-16,20-22H,6,10,14H2,1H3. The molecule has 3 aromatic heterocycles. The summed E-state index contributed by atoms with van der Waals surface area (Å²) in [7, 11) is 1.45. The SMILES string of the molecule is COC(=O)C1CCCN1C(c1ccccn1)C(c1cccnc1)c1cccnc1. The molecule has 0 radical (unpaired) electrons. The lowest BCUT2D eigenvalue weighted by atomic mass is 9.83. The fourth-order valence-corrected chi connectivity index (χ4v) is 4.27. The van der Waals surface area contributed by atoms with Crippen molar-refractivity contribution >= 4 is 5.97 Å². The van der Waals surface area contributed by atoms with Gasteiger partial charge in [-0.3, -0.25) is 24.6 Å². The molecule has 0 aliphatic carbocycles. The molecule has 1 aliphatic heterocycles. The number of pyridine rings is 3. The van der Waals surface area contributed by atoms with Crippen LogP contribution < -0.4 is 0 Å². The summed E-state index contributed by atoms with van der Waals surface area (Å²) >= 11 is 0. The second-order valence-corrected chi connectivity index (χ2v) is 7.17. The molecule has 2 atom stereocenters. The predicted octanol–water partition coefficient (Wildman–Crippen LogP) is 3.38. The number of esters is 1. The number of hydrogen-bond acceptors (Lipinski definition) is 6. The van der Waals surface area contributed by atoms with Crippen molar-refractivity contribution in [1.82, 2.24) is 19.9 Å². The minimum atomic E-state index is -0.289. The van der Waals surface area contributed by atoms with Crippen LogP contribution in [0.15, 0.2) is 73.4 Å². The van der Waals surface area contributed by atoms with Crippen LogP contribution in [0.1, 0.15) is 41.6 Å². The third kappa shape index (κ3) is 4.03. The number of hydrogen-bond donors (Lipinski definition) is 0. The Bertz CT molecular complexity index is 882. The van der Waals surface area contributed by atoms with E-state index in [0.29, 0.717) is 0 Å². The number of methoxy groups -OCH3 is 1. The van der Waals surface area contributed by atoms with Crippen LogP contribution in [0.2, 0.25) is 0 Å². The van der Waals surface area contributed by atoms with Crippen LogP contribution in [0, 0.1) is 0 Å². The highest BCUT2D eigenvalue weighted by Crippen LogP contribution is 2.42. The molecule has 0 bridgehead atoms. The van der Waals surface area contributed by atoms with Crippen molar-refractivity contribution < 1.29 is 9.53 Å². The molecule has 0 spiro atoms. The molecule has 4 rings (SSSR count). The maximum atomic E-state index is 12.5. The quantitative estimate of drug-likeness (QED) is 0.603. The average Bonchev–Trinajstić information content (AvgIpc) is 3.28. The van der Waals surface area contributed by atoms with Crippen LogP contribution in [-0.4, -0.2) is 45.5 Å². The van der Waals surface area contributed by atoms with Crippen molar-refractivity contribution in [3.05, 3.63) is 90.3 Å². The first-order chi connectivity index (χ1) is 14.3. The summed E-state index contributed by atoms with van der Waals surface area (Å²) in [6.07, 6.45) is 10.8. The lowest BCUT2D eigenvalue weighted by Gasteiger charge is -2.37. The van der Waals surface area contributed by atoms with E-state index in [1.807, 2.05) is 42.7 Å². The van der Waals surface area contributed by atoms with Crippen molar-refractivity contribution in [3.8, 4) is 0 Å². The minimum Gasteiger partial charge on any atom is -0.468 e. The number of aromatic nitrogens is 3. The third-order valence-corrected chi connectivity index (χ3v) is 5.52. The highest BCUT2D eigenvalue weighted by Gasteiger charge is 2.41. The topological polar surface area (TPSA) is 68.2 Å². The van der Waals surface area contributed by atoms with E-state index in [1.165, 1.54) is 7.11 Å². The van der Waals surface area contributed by atoms with E-state index in [0.717, 1.165) is 36.2 Å². The number of nitrogens with zero attached hydrogens (tertiary/aromatic N) is 4. The maximum Gasteiger partial charge on any atom is 0.323 e. The molecule has 0 saturated carbocycles. The van der Waals surface area contributed by atoms with Gasteiger partial charge in [0.25, 0.3) is 0 Å². The Morgan fingerprint density at radius 1 is 1.03 bits per heavy atom. The van der Waals surface area contributed by atoms with Gasteiger partial charge in [0.15, 0.2) is 0 Å². The average molecular weight is 388 g/mol. The molecule has 2 unspecified atom stereocenters. The highest BCUT2D eigenvalue weighted by atomic mass is 16.5. The summed E-state index contributed by atoms with van der Waals surface area (Å²) < 4.78 is 5.12. The minimum absolute atomic E-state index is 0.0717. The van der Waals surface area contributed by atoms with Gasteiger partial charge in [0.1, 0.15) is 6.04 Å². The molecule has 1 saturated heterocycles. The van der Waals surface area contributed by atoms with E-state index < -0.39 is 0 Å². The first-order valence-corrected chi connectivity index (χ1v) is 9.84. The zero-order valence-electron chi connectivity index (χ0n) is 16.4. The van der Waals surface area contributed by atoms with Crippen LogP contribution in [0.5, 0.6) is 0 Å². The van der Waals surface area contributed by atoms with E-state index in [4.69, 9.17) is 4.74 Å². The predicted molar refractivity (Wildman–Crippen MR) is 109 cm³/mol. The van der Waals surface area contributed by atoms with Gasteiger partial charge in [-0.25, -0.2) is 0 Å². The number of carbonyl (C=O) groups excluding carboxylic acids is 1. The summed E-state index contributed by atoms with van der Waals surface area (Å²) in [5.74, 6) is -0.267. The van der Waals surface area contributed by atoms with Crippen molar-refractivity contribution in [1.29, 1.82) is 0 Å². The van der Waals surface area contributed by atoms with Crippen LogP contribution in [0.4, 0.5) is 0 Å². The Balaban J connectivity index is 1.87. The molecule has 6 nitrogen and oxygen atoms in total. The first kappa shape index (κ1) is 19.2. The summed E-state index contributed by atoms with van der Waals surface area (Å²) in [4.78, 5) is 28.2. The highest BCUT2D eigenvalue weighted by molar-refractivity contribution is 5.76. The Morgan fingerprint density at radius 2 is 1.76 bits per heavy atom. The van der Waals surface area contributed by atoms with Crippen molar-refractivity contribution in [3.63, 3.8) is 0 Å². The van der Waals surface area contributed by atoms with E-state index >= 15 is 0 Å². The molecule has 1 aliphatic rings. The molecule has 0 amide bonds. The van der Waals surface area contributed by atoms with Gasteiger partial charge in [-0.15, -0.1) is 0 Å². The third-order valence-electron chi connectivity index (χ3n) is 5.52. The van der Waals surface area contributed by atoms with Crippen LogP contribution in [0.3, 0.4) is 0 Å². The summed E-state index contributed by atoms with van der Waals surface area (Å²) in [5.41, 5.74) is 3.04. The van der Waals surface area contributed by atoms with Gasteiger partial charge >= 0.3 is 5.97 Å². The number of rotatable bonds is 6. The van der Waals surface area contributed by atoms with Gasteiger partial charge in [0.2, 0.25) is 0 Å². The molecule has 148 valence electrons. The van der Waals surface area contributed by atoms with Crippen LogP contribution in [-0.2, 0) is 9.53 Å². The van der Waals surface area contributed by atoms with Gasteiger partial charge in [0, 0.05) is 36.9 Å². The largest absolute Gasteiger partial charge is 0.468 e. The molecular weight excluding hydrogens is 364 g/mol. The van der Waals surface area contributed by atoms with Crippen molar-refractivity contribution in [2.45, 2.75) is 30.8 Å². The second-order valence-electron chi connectivity index (χ2n) is 7.17. The van der Waals surface area contributed by atoms with Crippen molar-refractivity contribution in [2.75, 3.05) is 13.7 Å². The molecule has 3 aromatic rings. The van der Waals surface area contributed by atoms with E-state index in [9.17, 15) is 4.79 Å². The number of ether oxygens (including phenoxy) is 1. The van der Waals surface area contributed by atoms with Crippen LogP contribution >= 0.6 is 0 Å². The molecule has 0 aromatic carbocycles. The van der Waals surface area contributed by atoms with Crippen molar-refractivity contribution in [2.24, 2.45) is 0 Å². The fourth-order valence-electron chi connectivity index (χ4n) is 4.27. The first-order valence-electron chi connectivity index (χ1n) is 9.84. The Labute approximate surface area is 170 Å². The molecule has 4 heterocycles. The Morgan fingerprint density at radius 3 is 2.31 bits per heavy atom. The van der Waals surface area contributed by atoms with Gasteiger partial charge in [-0.05, 0) is 54.8 Å². The smallest absolute Gasteiger partial charge is 0.323 e. The van der Waals surface area contributed by atoms with E-state index in [-0.39, 0.29) is 24.0 Å². The number of carbonyl (C=O) groups is 1. The van der Waals surface area contributed by atoms with Gasteiger partial charge in [-0.2, -0.15) is 0 Å². The summed E-state index contributed by atoms with van der Waals surface area (Å²) in [6, 6.07) is 13.5. The van der Waals surface area contributed by atoms with Gasteiger partial charge in [0.05, 0.1) is 18.8 Å². The normalized spacial score (nSPS) is 17.9. The summed E-state index contributed by atoms with van der Waals surface area (Å²) in [6.45, 7) is 0.804. The second kappa shape index (κ2) is 8.92. The zero-order valence-corrected chi connectivity index (χ0v) is 16.4. The molecule has 1 fully saturated rings. The zero-order chi connectivity index (χ0) is 20.1. The lowest BCUT2D eigenvalue weighted by molar-refractivity contribution is -0.146. The Kier molecular flexibility index (Phi) is 5.91. The fraction of sp³-hybridized carbons (Fsp3) is 0.304. The molecule has 0 N–H and O–H groups in total. The van der Waals surface area contributed by atoms with E-state index in [2.05, 4.69) is 32.0 Å². The molecule has 29 heavy (non-hydrogen) atoms. The van der Waals surface area contributed by atoms with Gasteiger partial charge in [-0.1, -0.05) is 18.2 Å². The summed E-state index contributed by atoms with van der Waals surface area (Å²) in [5, 5.41) is 0. The molecular formula is C23H24N4O2. The monoisotopic (exact) mass is 388 g/mol.